The van der Waals surface area contributed by atoms with Crippen LogP contribution in [0.1, 0.15) is 51.5 Å². The summed E-state index contributed by atoms with van der Waals surface area (Å²) < 4.78 is 10.3. The molecule has 1 aromatic carbocycles. The monoisotopic (exact) mass is 491 g/mol. The third-order valence-electron chi connectivity index (χ3n) is 3.85. The Kier molecular flexibility index (Phi) is 15.7. The van der Waals surface area contributed by atoms with E-state index in [1.54, 1.807) is 7.11 Å². The Bertz CT molecular complexity index is 553. The predicted octanol–water partition coefficient (Wildman–Crippen LogP) is 3.88. The highest BCUT2D eigenvalue weighted by Crippen LogP contribution is 2.17. The number of aliphatic imine (C=N–C) groups is 1. The van der Waals surface area contributed by atoms with Crippen LogP contribution in [0.25, 0.3) is 0 Å². The van der Waals surface area contributed by atoms with Crippen LogP contribution in [0, 0.1) is 0 Å². The molecule has 0 unspecified atom stereocenters. The lowest BCUT2D eigenvalue weighted by atomic mass is 10.1. The summed E-state index contributed by atoms with van der Waals surface area (Å²) in [6, 6.07) is 7.92. The molecule has 1 aromatic rings. The Morgan fingerprint density at radius 1 is 1.07 bits per heavy atom. The number of guanidine groups is 1. The standard InChI is InChI=1S/C20H33N3O3.HI/c1-4-21-20(23-16-17-12-9-10-13-18(17)25-3)22-15-11-7-6-8-14-19(24)26-5-2;/h9-10,12-13H,4-8,11,14-16H2,1-3H3,(H2,21,22,23);1H. The number of nitrogens with zero attached hydrogens (tertiary/aromatic N) is 1. The smallest absolute Gasteiger partial charge is 0.305 e. The van der Waals surface area contributed by atoms with Crippen molar-refractivity contribution in [2.24, 2.45) is 4.99 Å². The van der Waals surface area contributed by atoms with Crippen molar-refractivity contribution in [1.82, 2.24) is 10.6 Å². The summed E-state index contributed by atoms with van der Waals surface area (Å²) in [7, 11) is 1.67. The zero-order valence-corrected chi connectivity index (χ0v) is 19.1. The van der Waals surface area contributed by atoms with Gasteiger partial charge in [-0.05, 0) is 32.8 Å². The van der Waals surface area contributed by atoms with Crippen LogP contribution in [0.4, 0.5) is 0 Å². The highest BCUT2D eigenvalue weighted by molar-refractivity contribution is 14.0. The van der Waals surface area contributed by atoms with Gasteiger partial charge in [-0.25, -0.2) is 4.99 Å². The summed E-state index contributed by atoms with van der Waals surface area (Å²) in [6.07, 6.45) is 4.57. The molecule has 0 aromatic heterocycles. The molecule has 1 rings (SSSR count). The number of esters is 1. The number of hydrogen-bond acceptors (Lipinski definition) is 4. The van der Waals surface area contributed by atoms with Crippen molar-refractivity contribution < 1.29 is 14.3 Å². The van der Waals surface area contributed by atoms with E-state index >= 15 is 0 Å². The lowest BCUT2D eigenvalue weighted by Gasteiger charge is -2.12. The van der Waals surface area contributed by atoms with Crippen LogP contribution in [0.3, 0.4) is 0 Å². The van der Waals surface area contributed by atoms with E-state index in [0.717, 1.165) is 56.0 Å². The average Bonchev–Trinajstić information content (AvgIpc) is 2.65. The van der Waals surface area contributed by atoms with Crippen molar-refractivity contribution in [2.45, 2.75) is 52.5 Å². The van der Waals surface area contributed by atoms with Gasteiger partial charge in [0.25, 0.3) is 0 Å². The number of halogens is 1. The molecule has 0 spiro atoms. The highest BCUT2D eigenvalue weighted by Gasteiger charge is 2.03. The van der Waals surface area contributed by atoms with Gasteiger partial charge in [0, 0.05) is 25.1 Å². The lowest BCUT2D eigenvalue weighted by Crippen LogP contribution is -2.37. The zero-order chi connectivity index (χ0) is 19.0. The largest absolute Gasteiger partial charge is 0.496 e. The number of hydrogen-bond donors (Lipinski definition) is 2. The van der Waals surface area contributed by atoms with Crippen LogP contribution in [-0.2, 0) is 16.1 Å². The number of carbonyl (C=O) groups excluding carboxylic acids is 1. The second-order valence-corrected chi connectivity index (χ2v) is 5.90. The second kappa shape index (κ2) is 16.6. The predicted molar refractivity (Wildman–Crippen MR) is 121 cm³/mol. The van der Waals surface area contributed by atoms with E-state index in [2.05, 4.69) is 22.5 Å². The summed E-state index contributed by atoms with van der Waals surface area (Å²) in [6.45, 7) is 6.59. The fourth-order valence-electron chi connectivity index (χ4n) is 2.53. The van der Waals surface area contributed by atoms with E-state index in [9.17, 15) is 4.79 Å². The Hall–Kier alpha value is -1.51. The van der Waals surface area contributed by atoms with Gasteiger partial charge in [-0.1, -0.05) is 31.0 Å². The van der Waals surface area contributed by atoms with Gasteiger partial charge in [-0.2, -0.15) is 0 Å². The molecule has 0 atom stereocenters. The van der Waals surface area contributed by atoms with Gasteiger partial charge >= 0.3 is 5.97 Å². The summed E-state index contributed by atoms with van der Waals surface area (Å²) in [5.74, 6) is 1.57. The fourth-order valence-corrected chi connectivity index (χ4v) is 2.53. The number of ether oxygens (including phenoxy) is 2. The van der Waals surface area contributed by atoms with Gasteiger partial charge in [0.1, 0.15) is 5.75 Å². The maximum absolute atomic E-state index is 11.3. The van der Waals surface area contributed by atoms with Crippen LogP contribution in [0.15, 0.2) is 29.3 Å². The molecule has 6 nitrogen and oxygen atoms in total. The number of nitrogens with one attached hydrogen (secondary N) is 2. The molecule has 154 valence electrons. The van der Waals surface area contributed by atoms with E-state index in [1.165, 1.54) is 0 Å². The minimum absolute atomic E-state index is 0. The minimum atomic E-state index is -0.0940. The molecule has 0 amide bonds. The van der Waals surface area contributed by atoms with Crippen LogP contribution in [0.2, 0.25) is 0 Å². The Labute approximate surface area is 180 Å². The zero-order valence-electron chi connectivity index (χ0n) is 16.8. The van der Waals surface area contributed by atoms with E-state index in [1.807, 2.05) is 31.2 Å². The number of rotatable bonds is 12. The summed E-state index contributed by atoms with van der Waals surface area (Å²) >= 11 is 0. The first kappa shape index (κ1) is 25.5. The quantitative estimate of drug-likeness (QED) is 0.153. The molecule has 0 saturated carbocycles. The third-order valence-corrected chi connectivity index (χ3v) is 3.85. The lowest BCUT2D eigenvalue weighted by molar-refractivity contribution is -0.143. The average molecular weight is 491 g/mol. The fraction of sp³-hybridized carbons (Fsp3) is 0.600. The van der Waals surface area contributed by atoms with Crippen molar-refractivity contribution in [3.63, 3.8) is 0 Å². The topological polar surface area (TPSA) is 72.0 Å². The van der Waals surface area contributed by atoms with Gasteiger partial charge in [-0.3, -0.25) is 4.79 Å². The molecule has 0 aliphatic rings. The number of unbranched alkanes of at least 4 members (excludes halogenated alkanes) is 3. The molecule has 7 heteroatoms. The van der Waals surface area contributed by atoms with Gasteiger partial charge in [0.2, 0.25) is 0 Å². The molecule has 0 radical (unpaired) electrons. The molecule has 0 saturated heterocycles. The molecular formula is C20H34IN3O3. The van der Waals surface area contributed by atoms with Crippen molar-refractivity contribution in [3.05, 3.63) is 29.8 Å². The van der Waals surface area contributed by atoms with E-state index < -0.39 is 0 Å². The SMILES string of the molecule is CCNC(=NCc1ccccc1OC)NCCCCCCC(=O)OCC.I. The molecular weight excluding hydrogens is 457 g/mol. The Morgan fingerprint density at radius 3 is 2.52 bits per heavy atom. The molecule has 2 N–H and O–H groups in total. The summed E-state index contributed by atoms with van der Waals surface area (Å²) in [4.78, 5) is 15.9. The van der Waals surface area contributed by atoms with E-state index in [0.29, 0.717) is 19.6 Å². The van der Waals surface area contributed by atoms with Crippen LogP contribution in [-0.4, -0.2) is 38.7 Å². The van der Waals surface area contributed by atoms with Crippen molar-refractivity contribution >= 4 is 35.9 Å². The Balaban J connectivity index is 0.00000676. The van der Waals surface area contributed by atoms with E-state index in [4.69, 9.17) is 9.47 Å². The van der Waals surface area contributed by atoms with Gasteiger partial charge in [0.15, 0.2) is 5.96 Å². The van der Waals surface area contributed by atoms with Gasteiger partial charge in [0.05, 0.1) is 20.3 Å². The maximum atomic E-state index is 11.3. The normalized spacial score (nSPS) is 10.7. The molecule has 0 aliphatic heterocycles. The second-order valence-electron chi connectivity index (χ2n) is 5.90. The van der Waals surface area contributed by atoms with E-state index in [-0.39, 0.29) is 29.9 Å². The van der Waals surface area contributed by atoms with Crippen molar-refractivity contribution in [2.75, 3.05) is 26.8 Å². The first-order valence-corrected chi connectivity index (χ1v) is 9.50. The van der Waals surface area contributed by atoms with Crippen LogP contribution in [0.5, 0.6) is 5.75 Å². The number of carbonyl (C=O) groups is 1. The van der Waals surface area contributed by atoms with Crippen molar-refractivity contribution in [3.8, 4) is 5.75 Å². The number of para-hydroxylation sites is 1. The first-order valence-electron chi connectivity index (χ1n) is 9.50. The third kappa shape index (κ3) is 11.7. The van der Waals surface area contributed by atoms with Crippen LogP contribution < -0.4 is 15.4 Å². The molecule has 0 aliphatic carbocycles. The molecule has 0 bridgehead atoms. The first-order chi connectivity index (χ1) is 12.7. The number of methoxy groups -OCH3 is 1. The molecule has 0 heterocycles. The Morgan fingerprint density at radius 2 is 1.81 bits per heavy atom. The van der Waals surface area contributed by atoms with Crippen molar-refractivity contribution in [1.29, 1.82) is 0 Å². The minimum Gasteiger partial charge on any atom is -0.496 e. The highest BCUT2D eigenvalue weighted by atomic mass is 127. The number of benzene rings is 1. The molecule has 0 fully saturated rings. The maximum Gasteiger partial charge on any atom is 0.305 e. The van der Waals surface area contributed by atoms with Gasteiger partial charge in [-0.15, -0.1) is 24.0 Å². The molecule has 27 heavy (non-hydrogen) atoms. The summed E-state index contributed by atoms with van der Waals surface area (Å²) in [5, 5.41) is 6.61. The summed E-state index contributed by atoms with van der Waals surface area (Å²) in [5.41, 5.74) is 1.06. The van der Waals surface area contributed by atoms with Crippen LogP contribution >= 0.6 is 24.0 Å². The van der Waals surface area contributed by atoms with Gasteiger partial charge < -0.3 is 20.1 Å².